The molecule has 0 aromatic heterocycles. The van der Waals surface area contributed by atoms with E-state index in [-0.39, 0.29) is 12.8 Å². The van der Waals surface area contributed by atoms with E-state index in [1.165, 1.54) is 77.0 Å². The number of esters is 2. The van der Waals surface area contributed by atoms with Gasteiger partial charge < -0.3 is 39.9 Å². The van der Waals surface area contributed by atoms with Crippen molar-refractivity contribution in [3.8, 4) is 0 Å². The lowest BCUT2D eigenvalue weighted by Gasteiger charge is -2.41. The van der Waals surface area contributed by atoms with E-state index >= 15 is 0 Å². The number of phosphoric ester groups is 1. The van der Waals surface area contributed by atoms with Gasteiger partial charge in [0.2, 0.25) is 0 Å². The lowest BCUT2D eigenvalue weighted by molar-refractivity contribution is -0.220. The SMILES string of the molecule is CCCCCCCCCCCCCCCCCC(=O)O[C@H](COC(=O)CCCCCCCCC)COP(=O)(O)OC1C(O)C(O)C(O)[C@@H](O)C1O. The number of phosphoric acid groups is 1. The van der Waals surface area contributed by atoms with Crippen molar-refractivity contribution in [3.05, 3.63) is 0 Å². The monoisotopic (exact) mass is 754 g/mol. The lowest BCUT2D eigenvalue weighted by atomic mass is 9.85. The highest BCUT2D eigenvalue weighted by Crippen LogP contribution is 2.47. The quantitative estimate of drug-likeness (QED) is 0.0258. The predicted octanol–water partition coefficient (Wildman–Crippen LogP) is 6.16. The molecule has 1 rings (SSSR count). The number of rotatable bonds is 32. The van der Waals surface area contributed by atoms with Crippen molar-refractivity contribution in [1.29, 1.82) is 0 Å². The van der Waals surface area contributed by atoms with Crippen molar-refractivity contribution in [1.82, 2.24) is 0 Å². The fourth-order valence-corrected chi connectivity index (χ4v) is 7.14. The van der Waals surface area contributed by atoms with Crippen LogP contribution < -0.4 is 0 Å². The first-order chi connectivity index (χ1) is 24.4. The molecule has 13 nitrogen and oxygen atoms in total. The molecule has 0 aliphatic heterocycles. The van der Waals surface area contributed by atoms with Crippen molar-refractivity contribution < 1.29 is 63.1 Å². The molecule has 6 unspecified atom stereocenters. The zero-order chi connectivity index (χ0) is 37.9. The molecule has 51 heavy (non-hydrogen) atoms. The van der Waals surface area contributed by atoms with Crippen LogP contribution in [-0.2, 0) is 32.7 Å². The summed E-state index contributed by atoms with van der Waals surface area (Å²) in [5, 5.41) is 49.8. The van der Waals surface area contributed by atoms with Crippen molar-refractivity contribution in [2.24, 2.45) is 0 Å². The minimum Gasteiger partial charge on any atom is -0.462 e. The zero-order valence-electron chi connectivity index (χ0n) is 31.4. The summed E-state index contributed by atoms with van der Waals surface area (Å²) in [6.07, 6.45) is 12.0. The van der Waals surface area contributed by atoms with E-state index in [4.69, 9.17) is 18.5 Å². The molecule has 1 saturated carbocycles. The van der Waals surface area contributed by atoms with Gasteiger partial charge in [-0.05, 0) is 12.8 Å². The van der Waals surface area contributed by atoms with Crippen LogP contribution in [-0.4, -0.2) is 98.3 Å². The van der Waals surface area contributed by atoms with Gasteiger partial charge in [0.15, 0.2) is 6.10 Å². The maximum atomic E-state index is 12.7. The fraction of sp³-hybridized carbons (Fsp3) is 0.946. The Bertz CT molecular complexity index is 922. The molecule has 8 atom stereocenters. The second kappa shape index (κ2) is 29.2. The van der Waals surface area contributed by atoms with Gasteiger partial charge in [-0.1, -0.05) is 142 Å². The highest BCUT2D eigenvalue weighted by Gasteiger charge is 2.51. The Kier molecular flexibility index (Phi) is 27.4. The van der Waals surface area contributed by atoms with E-state index in [2.05, 4.69) is 13.8 Å². The van der Waals surface area contributed by atoms with Crippen LogP contribution in [0.2, 0.25) is 0 Å². The van der Waals surface area contributed by atoms with Crippen molar-refractivity contribution in [3.63, 3.8) is 0 Å². The maximum absolute atomic E-state index is 12.7. The molecule has 0 bridgehead atoms. The summed E-state index contributed by atoms with van der Waals surface area (Å²) in [6, 6.07) is 0. The molecule has 0 radical (unpaired) electrons. The van der Waals surface area contributed by atoms with E-state index in [1.54, 1.807) is 0 Å². The third kappa shape index (κ3) is 22.6. The number of aliphatic hydroxyl groups is 5. The standard InChI is InChI=1S/C37H71O13P/c1-3-5-7-9-11-12-13-14-15-16-17-18-20-22-24-26-31(39)49-29(27-47-30(38)25-23-21-19-10-8-6-4-2)28-48-51(45,46)50-37-35(43)33(41)32(40)34(42)36(37)44/h29,32-37,40-44H,3-28H2,1-2H3,(H,45,46)/t29-,32?,33-,34?,35?,36?,37?/m1/s1. The predicted molar refractivity (Wildman–Crippen MR) is 194 cm³/mol. The summed E-state index contributed by atoms with van der Waals surface area (Å²) in [4.78, 5) is 35.3. The summed E-state index contributed by atoms with van der Waals surface area (Å²) >= 11 is 0. The number of unbranched alkanes of at least 4 members (excludes halogenated alkanes) is 20. The molecule has 0 spiro atoms. The van der Waals surface area contributed by atoms with Gasteiger partial charge >= 0.3 is 19.8 Å². The van der Waals surface area contributed by atoms with Gasteiger partial charge in [-0.3, -0.25) is 18.6 Å². The first kappa shape index (κ1) is 47.9. The number of carbonyl (C=O) groups is 2. The Morgan fingerprint density at radius 1 is 0.529 bits per heavy atom. The van der Waals surface area contributed by atoms with Gasteiger partial charge in [-0.15, -0.1) is 0 Å². The number of ether oxygens (including phenoxy) is 2. The first-order valence-electron chi connectivity index (χ1n) is 19.8. The number of hydrogen-bond donors (Lipinski definition) is 6. The number of aliphatic hydroxyl groups excluding tert-OH is 5. The molecule has 0 heterocycles. The highest BCUT2D eigenvalue weighted by molar-refractivity contribution is 7.47. The van der Waals surface area contributed by atoms with Crippen molar-refractivity contribution in [2.45, 2.75) is 211 Å². The largest absolute Gasteiger partial charge is 0.472 e. The highest BCUT2D eigenvalue weighted by atomic mass is 31.2. The maximum Gasteiger partial charge on any atom is 0.472 e. The van der Waals surface area contributed by atoms with Gasteiger partial charge in [0, 0.05) is 12.8 Å². The summed E-state index contributed by atoms with van der Waals surface area (Å²) in [5.74, 6) is -1.10. The van der Waals surface area contributed by atoms with Gasteiger partial charge in [0.1, 0.15) is 43.2 Å². The van der Waals surface area contributed by atoms with E-state index in [0.717, 1.165) is 51.4 Å². The molecule has 0 aromatic rings. The molecule has 6 N–H and O–H groups in total. The van der Waals surface area contributed by atoms with E-state index in [0.29, 0.717) is 12.8 Å². The Morgan fingerprint density at radius 3 is 1.29 bits per heavy atom. The second-order valence-electron chi connectivity index (χ2n) is 14.2. The zero-order valence-corrected chi connectivity index (χ0v) is 32.3. The minimum atomic E-state index is -5.10. The molecular formula is C37H71O13P. The van der Waals surface area contributed by atoms with Crippen LogP contribution in [0.15, 0.2) is 0 Å². The second-order valence-corrected chi connectivity index (χ2v) is 15.6. The molecule has 1 fully saturated rings. The topological polar surface area (TPSA) is 210 Å². The first-order valence-corrected chi connectivity index (χ1v) is 21.3. The van der Waals surface area contributed by atoms with Gasteiger partial charge in [0.05, 0.1) is 6.61 Å². The van der Waals surface area contributed by atoms with Crippen LogP contribution in [0.4, 0.5) is 0 Å². The minimum absolute atomic E-state index is 0.104. The third-order valence-electron chi connectivity index (χ3n) is 9.45. The van der Waals surface area contributed by atoms with Crippen LogP contribution >= 0.6 is 7.82 Å². The summed E-state index contributed by atoms with van der Waals surface area (Å²) in [5.41, 5.74) is 0. The van der Waals surface area contributed by atoms with Crippen molar-refractivity contribution >= 4 is 19.8 Å². The number of hydrogen-bond acceptors (Lipinski definition) is 12. The average Bonchev–Trinajstić information content (AvgIpc) is 3.10. The lowest BCUT2D eigenvalue weighted by Crippen LogP contribution is -2.64. The van der Waals surface area contributed by atoms with Crippen molar-refractivity contribution in [2.75, 3.05) is 13.2 Å². The average molecular weight is 755 g/mol. The van der Waals surface area contributed by atoms with Crippen LogP contribution in [0.1, 0.15) is 168 Å². The van der Waals surface area contributed by atoms with Crippen LogP contribution in [0.5, 0.6) is 0 Å². The summed E-state index contributed by atoms with van der Waals surface area (Å²) in [7, 11) is -5.10. The van der Waals surface area contributed by atoms with Crippen LogP contribution in [0.3, 0.4) is 0 Å². The van der Waals surface area contributed by atoms with E-state index in [1.807, 2.05) is 0 Å². The molecule has 302 valence electrons. The van der Waals surface area contributed by atoms with Crippen LogP contribution in [0, 0.1) is 0 Å². The molecule has 14 heteroatoms. The Balaban J connectivity index is 2.49. The summed E-state index contributed by atoms with van der Waals surface area (Å²) in [6.45, 7) is 3.22. The number of carbonyl (C=O) groups excluding carboxylic acids is 2. The van der Waals surface area contributed by atoms with Gasteiger partial charge in [0.25, 0.3) is 0 Å². The van der Waals surface area contributed by atoms with Crippen LogP contribution in [0.25, 0.3) is 0 Å². The molecule has 1 aliphatic carbocycles. The molecule has 1 aliphatic rings. The smallest absolute Gasteiger partial charge is 0.462 e. The van der Waals surface area contributed by atoms with Gasteiger partial charge in [-0.2, -0.15) is 0 Å². The third-order valence-corrected chi connectivity index (χ3v) is 10.4. The molecule has 0 saturated heterocycles. The molecular weight excluding hydrogens is 683 g/mol. The summed E-state index contributed by atoms with van der Waals surface area (Å²) < 4.78 is 33.2. The van der Waals surface area contributed by atoms with E-state index in [9.17, 15) is 44.6 Å². The molecule has 0 amide bonds. The Labute approximate surface area is 306 Å². The van der Waals surface area contributed by atoms with Gasteiger partial charge in [-0.25, -0.2) is 4.57 Å². The Morgan fingerprint density at radius 2 is 0.882 bits per heavy atom. The van der Waals surface area contributed by atoms with E-state index < -0.39 is 75.7 Å². The normalized spacial score (nSPS) is 23.8. The Hall–Kier alpha value is -1.15. The fourth-order valence-electron chi connectivity index (χ4n) is 6.17. The molecule has 0 aromatic carbocycles.